The van der Waals surface area contributed by atoms with Crippen molar-refractivity contribution in [1.82, 2.24) is 10.6 Å². The number of aliphatic hydroxyl groups is 1. The lowest BCUT2D eigenvalue weighted by molar-refractivity contribution is -0.127. The van der Waals surface area contributed by atoms with E-state index in [9.17, 15) is 14.7 Å². The van der Waals surface area contributed by atoms with Crippen LogP contribution in [0.2, 0.25) is 5.02 Å². The van der Waals surface area contributed by atoms with E-state index in [0.29, 0.717) is 36.6 Å². The summed E-state index contributed by atoms with van der Waals surface area (Å²) in [5.74, 6) is -0.393. The zero-order chi connectivity index (χ0) is 15.7. The van der Waals surface area contributed by atoms with Gasteiger partial charge in [-0.15, -0.1) is 0 Å². The highest BCUT2D eigenvalue weighted by molar-refractivity contribution is 6.34. The monoisotopic (exact) mass is 323 g/mol. The predicted molar refractivity (Wildman–Crippen MR) is 82.8 cm³/mol. The standard InChI is InChI=1S/C15H18ClN3O3/c16-10-3-1-2-4-13(10)19-6-5-11(15(19)22)18-14(21)12-7-9(20)8-17-12/h1-4,9,11-12,17,20H,5-8H2,(H,18,21). The first-order valence-corrected chi connectivity index (χ1v) is 7.72. The zero-order valence-electron chi connectivity index (χ0n) is 12.0. The summed E-state index contributed by atoms with van der Waals surface area (Å²) in [6.07, 6.45) is 0.418. The summed E-state index contributed by atoms with van der Waals surface area (Å²) in [6, 6.07) is 6.19. The number of para-hydroxylation sites is 1. The van der Waals surface area contributed by atoms with Crippen molar-refractivity contribution in [1.29, 1.82) is 0 Å². The molecule has 0 bridgehead atoms. The molecule has 0 aliphatic carbocycles. The topological polar surface area (TPSA) is 81.7 Å². The number of rotatable bonds is 3. The van der Waals surface area contributed by atoms with Crippen molar-refractivity contribution in [2.45, 2.75) is 31.0 Å². The average Bonchev–Trinajstić information content (AvgIpc) is 3.07. The van der Waals surface area contributed by atoms with Crippen LogP contribution in [0.4, 0.5) is 5.69 Å². The molecule has 2 saturated heterocycles. The van der Waals surface area contributed by atoms with Gasteiger partial charge in [0.1, 0.15) is 6.04 Å². The molecule has 2 aliphatic heterocycles. The predicted octanol–water partition coefficient (Wildman–Crippen LogP) is 0.284. The van der Waals surface area contributed by atoms with Crippen LogP contribution < -0.4 is 15.5 Å². The van der Waals surface area contributed by atoms with Crippen LogP contribution >= 0.6 is 11.6 Å². The highest BCUT2D eigenvalue weighted by Crippen LogP contribution is 2.29. The van der Waals surface area contributed by atoms with Gasteiger partial charge in [-0.25, -0.2) is 0 Å². The molecule has 2 amide bonds. The molecule has 0 saturated carbocycles. The Labute approximate surface area is 133 Å². The fraction of sp³-hybridized carbons (Fsp3) is 0.467. The van der Waals surface area contributed by atoms with E-state index in [1.54, 1.807) is 17.0 Å². The van der Waals surface area contributed by atoms with E-state index in [-0.39, 0.29) is 11.8 Å². The van der Waals surface area contributed by atoms with Gasteiger partial charge in [0.15, 0.2) is 0 Å². The number of halogens is 1. The summed E-state index contributed by atoms with van der Waals surface area (Å²) in [7, 11) is 0. The van der Waals surface area contributed by atoms with Gasteiger partial charge in [0, 0.05) is 13.1 Å². The summed E-state index contributed by atoms with van der Waals surface area (Å²) >= 11 is 6.12. The van der Waals surface area contributed by atoms with Crippen LogP contribution in [0, 0.1) is 0 Å². The molecule has 7 heteroatoms. The van der Waals surface area contributed by atoms with Crippen molar-refractivity contribution < 1.29 is 14.7 Å². The van der Waals surface area contributed by atoms with Crippen LogP contribution in [0.15, 0.2) is 24.3 Å². The molecule has 2 heterocycles. The number of hydrogen-bond acceptors (Lipinski definition) is 4. The first-order valence-electron chi connectivity index (χ1n) is 7.34. The zero-order valence-corrected chi connectivity index (χ0v) is 12.7. The molecule has 2 fully saturated rings. The molecule has 0 aromatic heterocycles. The molecule has 118 valence electrons. The summed E-state index contributed by atoms with van der Waals surface area (Å²) in [4.78, 5) is 26.2. The molecule has 1 aromatic carbocycles. The minimum absolute atomic E-state index is 0.153. The van der Waals surface area contributed by atoms with Gasteiger partial charge >= 0.3 is 0 Å². The van der Waals surface area contributed by atoms with Gasteiger partial charge in [-0.05, 0) is 25.0 Å². The molecular formula is C15H18ClN3O3. The quantitative estimate of drug-likeness (QED) is 0.746. The number of anilines is 1. The molecule has 2 aliphatic rings. The van der Waals surface area contributed by atoms with E-state index in [0.717, 1.165) is 0 Å². The fourth-order valence-electron chi connectivity index (χ4n) is 2.91. The molecule has 3 N–H and O–H groups in total. The van der Waals surface area contributed by atoms with Crippen LogP contribution in [0.1, 0.15) is 12.8 Å². The van der Waals surface area contributed by atoms with Gasteiger partial charge in [-0.3, -0.25) is 9.59 Å². The maximum atomic E-state index is 12.5. The first-order chi connectivity index (χ1) is 10.6. The lowest BCUT2D eigenvalue weighted by atomic mass is 10.1. The lowest BCUT2D eigenvalue weighted by Gasteiger charge is -2.19. The Morgan fingerprint density at radius 2 is 2.18 bits per heavy atom. The van der Waals surface area contributed by atoms with Gasteiger partial charge in [0.25, 0.3) is 0 Å². The summed E-state index contributed by atoms with van der Waals surface area (Å²) < 4.78 is 0. The summed E-state index contributed by atoms with van der Waals surface area (Å²) in [5.41, 5.74) is 0.667. The number of nitrogens with one attached hydrogen (secondary N) is 2. The molecule has 3 rings (SSSR count). The smallest absolute Gasteiger partial charge is 0.249 e. The molecule has 1 aromatic rings. The molecule has 3 atom stereocenters. The molecule has 0 radical (unpaired) electrons. The number of hydrogen-bond donors (Lipinski definition) is 3. The van der Waals surface area contributed by atoms with Crippen molar-refractivity contribution in [3.63, 3.8) is 0 Å². The number of carbonyl (C=O) groups excluding carboxylic acids is 2. The molecule has 6 nitrogen and oxygen atoms in total. The second kappa shape index (κ2) is 6.24. The number of nitrogens with zero attached hydrogens (tertiary/aromatic N) is 1. The second-order valence-corrected chi connectivity index (χ2v) is 6.05. The Hall–Kier alpha value is -1.63. The van der Waals surface area contributed by atoms with E-state index >= 15 is 0 Å². The van der Waals surface area contributed by atoms with Crippen molar-refractivity contribution in [2.75, 3.05) is 18.0 Å². The highest BCUT2D eigenvalue weighted by atomic mass is 35.5. The third-order valence-corrected chi connectivity index (χ3v) is 4.41. The number of benzene rings is 1. The Morgan fingerprint density at radius 1 is 1.41 bits per heavy atom. The van der Waals surface area contributed by atoms with Crippen molar-refractivity contribution in [3.05, 3.63) is 29.3 Å². The van der Waals surface area contributed by atoms with Gasteiger partial charge in [0.2, 0.25) is 11.8 Å². The highest BCUT2D eigenvalue weighted by Gasteiger charge is 2.37. The average molecular weight is 324 g/mol. The normalized spacial score (nSPS) is 28.2. The summed E-state index contributed by atoms with van der Waals surface area (Å²) in [6.45, 7) is 0.927. The van der Waals surface area contributed by atoms with Gasteiger partial charge < -0.3 is 20.6 Å². The Balaban J connectivity index is 1.64. The van der Waals surface area contributed by atoms with Crippen molar-refractivity contribution in [3.8, 4) is 0 Å². The van der Waals surface area contributed by atoms with Crippen molar-refractivity contribution >= 4 is 29.1 Å². The molecule has 3 unspecified atom stereocenters. The fourth-order valence-corrected chi connectivity index (χ4v) is 3.15. The van der Waals surface area contributed by atoms with Crippen molar-refractivity contribution in [2.24, 2.45) is 0 Å². The van der Waals surface area contributed by atoms with Crippen LogP contribution in [0.25, 0.3) is 0 Å². The molecule has 22 heavy (non-hydrogen) atoms. The lowest BCUT2D eigenvalue weighted by Crippen LogP contribution is -2.48. The van der Waals surface area contributed by atoms with E-state index < -0.39 is 18.2 Å². The van der Waals surface area contributed by atoms with Crippen LogP contribution in [-0.4, -0.2) is 48.2 Å². The van der Waals surface area contributed by atoms with Gasteiger partial charge in [-0.1, -0.05) is 23.7 Å². The number of aliphatic hydroxyl groups excluding tert-OH is 1. The maximum absolute atomic E-state index is 12.5. The third-order valence-electron chi connectivity index (χ3n) is 4.09. The second-order valence-electron chi connectivity index (χ2n) is 5.64. The van der Waals surface area contributed by atoms with Crippen LogP contribution in [0.3, 0.4) is 0 Å². The Bertz CT molecular complexity index is 595. The molecule has 0 spiro atoms. The first kappa shape index (κ1) is 15.3. The number of carbonyl (C=O) groups is 2. The van der Waals surface area contributed by atoms with Gasteiger partial charge in [0.05, 0.1) is 22.9 Å². The maximum Gasteiger partial charge on any atom is 0.249 e. The summed E-state index contributed by atoms with van der Waals surface area (Å²) in [5, 5.41) is 15.7. The SMILES string of the molecule is O=C(NC1CCN(c2ccccc2Cl)C1=O)C1CC(O)CN1. The van der Waals surface area contributed by atoms with E-state index in [4.69, 9.17) is 11.6 Å². The largest absolute Gasteiger partial charge is 0.392 e. The van der Waals surface area contributed by atoms with E-state index in [1.165, 1.54) is 0 Å². The van der Waals surface area contributed by atoms with Crippen LogP contribution in [-0.2, 0) is 9.59 Å². The van der Waals surface area contributed by atoms with E-state index in [1.807, 2.05) is 12.1 Å². The van der Waals surface area contributed by atoms with Crippen LogP contribution in [0.5, 0.6) is 0 Å². The number of β-amino-alcohol motifs (C(OH)–C–C–N with tert-alkyl or cyclic N) is 1. The third kappa shape index (κ3) is 2.95. The molecular weight excluding hydrogens is 306 g/mol. The minimum atomic E-state index is -0.539. The Kier molecular flexibility index (Phi) is 4.33. The Morgan fingerprint density at radius 3 is 2.86 bits per heavy atom. The number of amides is 2. The van der Waals surface area contributed by atoms with E-state index in [2.05, 4.69) is 10.6 Å². The van der Waals surface area contributed by atoms with Gasteiger partial charge in [-0.2, -0.15) is 0 Å². The minimum Gasteiger partial charge on any atom is -0.392 e.